The second-order valence-corrected chi connectivity index (χ2v) is 5.02. The molecule has 1 aliphatic rings. The highest BCUT2D eigenvalue weighted by Crippen LogP contribution is 2.44. The molecule has 1 rings (SSSR count). The van der Waals surface area contributed by atoms with Gasteiger partial charge in [-0.3, -0.25) is 0 Å². The first-order chi connectivity index (χ1) is 6.45. The number of rotatable bonds is 1. The summed E-state index contributed by atoms with van der Waals surface area (Å²) < 4.78 is 37.7. The zero-order valence-electron chi connectivity index (χ0n) is 7.65. The Morgan fingerprint density at radius 1 is 1.36 bits per heavy atom. The molecule has 3 unspecified atom stereocenters. The second kappa shape index (κ2) is 4.57. The molecule has 14 heavy (non-hydrogen) atoms. The Morgan fingerprint density at radius 3 is 2.50 bits per heavy atom. The minimum atomic E-state index is -4.09. The molecule has 0 radical (unpaired) electrons. The summed E-state index contributed by atoms with van der Waals surface area (Å²) in [6.45, 7) is 0. The minimum Gasteiger partial charge on any atom is -0.171 e. The van der Waals surface area contributed by atoms with E-state index in [0.29, 0.717) is 12.8 Å². The highest BCUT2D eigenvalue weighted by atomic mass is 79.9. The summed E-state index contributed by atoms with van der Waals surface area (Å²) in [5.41, 5.74) is 0. The summed E-state index contributed by atoms with van der Waals surface area (Å²) in [7, 11) is 0. The molecule has 0 heterocycles. The molecular weight excluding hydrogens is 257 g/mol. The van der Waals surface area contributed by atoms with E-state index in [1.165, 1.54) is 0 Å². The third kappa shape index (κ3) is 2.91. The average molecular weight is 269 g/mol. The van der Waals surface area contributed by atoms with Crippen LogP contribution >= 0.6 is 15.9 Å². The Hall–Kier alpha value is -0.170. The van der Waals surface area contributed by atoms with E-state index < -0.39 is 18.0 Å². The van der Waals surface area contributed by atoms with Gasteiger partial charge in [-0.15, -0.1) is 12.3 Å². The van der Waals surface area contributed by atoms with Gasteiger partial charge < -0.3 is 0 Å². The molecule has 0 nitrogen and oxygen atoms in total. The normalized spacial score (nSPS) is 33.8. The first-order valence-electron chi connectivity index (χ1n) is 4.59. The van der Waals surface area contributed by atoms with E-state index in [0.717, 1.165) is 0 Å². The Bertz CT molecular complexity index is 229. The standard InChI is InChI=1S/C10H12BrF3/c1-2-3-7-6-8(11)4-5-9(7)10(12,13)14/h1,7-9H,3-6H2. The molecular formula is C10H12BrF3. The van der Waals surface area contributed by atoms with Gasteiger partial charge in [-0.05, 0) is 25.2 Å². The van der Waals surface area contributed by atoms with Crippen LogP contribution in [0.15, 0.2) is 0 Å². The van der Waals surface area contributed by atoms with E-state index in [1.807, 2.05) is 0 Å². The molecule has 1 saturated carbocycles. The Balaban J connectivity index is 2.68. The molecule has 0 aromatic heterocycles. The van der Waals surface area contributed by atoms with Gasteiger partial charge in [0.15, 0.2) is 0 Å². The Labute approximate surface area is 90.4 Å². The van der Waals surface area contributed by atoms with Crippen LogP contribution in [0.4, 0.5) is 13.2 Å². The minimum absolute atomic E-state index is 0.194. The van der Waals surface area contributed by atoms with Gasteiger partial charge in [0.1, 0.15) is 0 Å². The summed E-state index contributed by atoms with van der Waals surface area (Å²) in [6.07, 6.45) is 2.54. The maximum atomic E-state index is 12.6. The summed E-state index contributed by atoms with van der Waals surface area (Å²) in [5, 5.41) is 0. The monoisotopic (exact) mass is 268 g/mol. The lowest BCUT2D eigenvalue weighted by molar-refractivity contribution is -0.195. The molecule has 4 heteroatoms. The van der Waals surface area contributed by atoms with E-state index >= 15 is 0 Å². The largest absolute Gasteiger partial charge is 0.392 e. The van der Waals surface area contributed by atoms with Crippen molar-refractivity contribution in [3.05, 3.63) is 0 Å². The number of terminal acetylenes is 1. The van der Waals surface area contributed by atoms with Crippen LogP contribution in [0, 0.1) is 24.2 Å². The lowest BCUT2D eigenvalue weighted by Gasteiger charge is -2.34. The molecule has 0 saturated heterocycles. The SMILES string of the molecule is C#CCC1CC(Br)CCC1C(F)(F)F. The third-order valence-corrected chi connectivity index (χ3v) is 3.55. The van der Waals surface area contributed by atoms with Crippen molar-refractivity contribution >= 4 is 15.9 Å². The molecule has 0 aromatic rings. The van der Waals surface area contributed by atoms with E-state index in [2.05, 4.69) is 21.9 Å². The average Bonchev–Trinajstić information content (AvgIpc) is 2.02. The van der Waals surface area contributed by atoms with Crippen molar-refractivity contribution in [3.8, 4) is 12.3 Å². The van der Waals surface area contributed by atoms with Gasteiger partial charge >= 0.3 is 6.18 Å². The summed E-state index contributed by atoms with van der Waals surface area (Å²) in [5.74, 6) is 0.733. The van der Waals surface area contributed by atoms with Crippen LogP contribution < -0.4 is 0 Å². The van der Waals surface area contributed by atoms with Crippen LogP contribution in [0.3, 0.4) is 0 Å². The fraction of sp³-hybridized carbons (Fsp3) is 0.800. The molecule has 0 amide bonds. The zero-order valence-corrected chi connectivity index (χ0v) is 9.24. The molecule has 80 valence electrons. The maximum absolute atomic E-state index is 12.6. The molecule has 0 aliphatic heterocycles. The lowest BCUT2D eigenvalue weighted by Crippen LogP contribution is -2.35. The lowest BCUT2D eigenvalue weighted by atomic mass is 9.77. The second-order valence-electron chi connectivity index (χ2n) is 3.73. The van der Waals surface area contributed by atoms with Crippen LogP contribution in [-0.2, 0) is 0 Å². The smallest absolute Gasteiger partial charge is 0.171 e. The van der Waals surface area contributed by atoms with Crippen LogP contribution in [0.25, 0.3) is 0 Å². The molecule has 0 aromatic carbocycles. The van der Waals surface area contributed by atoms with Gasteiger partial charge in [0.2, 0.25) is 0 Å². The van der Waals surface area contributed by atoms with Crippen LogP contribution in [0.5, 0.6) is 0 Å². The Morgan fingerprint density at radius 2 is 2.00 bits per heavy atom. The third-order valence-electron chi connectivity index (χ3n) is 2.72. The van der Waals surface area contributed by atoms with Gasteiger partial charge in [-0.2, -0.15) is 13.2 Å². The van der Waals surface area contributed by atoms with E-state index in [9.17, 15) is 13.2 Å². The van der Waals surface area contributed by atoms with Crippen molar-refractivity contribution in [3.63, 3.8) is 0 Å². The van der Waals surface area contributed by atoms with Gasteiger partial charge in [0.25, 0.3) is 0 Å². The molecule has 1 aliphatic carbocycles. The molecule has 0 N–H and O–H groups in total. The predicted molar refractivity (Wildman–Crippen MR) is 53.1 cm³/mol. The van der Waals surface area contributed by atoms with Crippen molar-refractivity contribution in [2.24, 2.45) is 11.8 Å². The predicted octanol–water partition coefficient (Wildman–Crippen LogP) is 3.75. The van der Waals surface area contributed by atoms with E-state index in [-0.39, 0.29) is 17.7 Å². The van der Waals surface area contributed by atoms with Crippen molar-refractivity contribution in [1.82, 2.24) is 0 Å². The van der Waals surface area contributed by atoms with E-state index in [1.54, 1.807) is 0 Å². The van der Waals surface area contributed by atoms with Crippen molar-refractivity contribution in [1.29, 1.82) is 0 Å². The zero-order chi connectivity index (χ0) is 10.8. The molecule has 1 fully saturated rings. The van der Waals surface area contributed by atoms with Crippen LogP contribution in [0.1, 0.15) is 25.7 Å². The topological polar surface area (TPSA) is 0 Å². The quantitative estimate of drug-likeness (QED) is 0.502. The molecule has 0 spiro atoms. The van der Waals surface area contributed by atoms with Crippen LogP contribution in [-0.4, -0.2) is 11.0 Å². The summed E-state index contributed by atoms with van der Waals surface area (Å²) >= 11 is 3.36. The molecule has 0 bridgehead atoms. The molecule has 3 atom stereocenters. The number of hydrogen-bond acceptors (Lipinski definition) is 0. The van der Waals surface area contributed by atoms with Gasteiger partial charge in [-0.1, -0.05) is 15.9 Å². The number of halogens is 4. The first-order valence-corrected chi connectivity index (χ1v) is 5.51. The number of alkyl halides is 4. The maximum Gasteiger partial charge on any atom is 0.392 e. The summed E-state index contributed by atoms with van der Waals surface area (Å²) in [6, 6.07) is 0. The van der Waals surface area contributed by atoms with Crippen molar-refractivity contribution in [2.45, 2.75) is 36.7 Å². The van der Waals surface area contributed by atoms with Gasteiger partial charge in [-0.25, -0.2) is 0 Å². The highest BCUT2D eigenvalue weighted by molar-refractivity contribution is 9.09. The fourth-order valence-electron chi connectivity index (χ4n) is 2.01. The Kier molecular flexibility index (Phi) is 3.88. The van der Waals surface area contributed by atoms with Crippen molar-refractivity contribution in [2.75, 3.05) is 0 Å². The summed E-state index contributed by atoms with van der Waals surface area (Å²) in [4.78, 5) is 0.194. The first kappa shape index (κ1) is 11.9. The number of hydrogen-bond donors (Lipinski definition) is 0. The van der Waals surface area contributed by atoms with Crippen molar-refractivity contribution < 1.29 is 13.2 Å². The van der Waals surface area contributed by atoms with Gasteiger partial charge in [0, 0.05) is 11.2 Å². The fourth-order valence-corrected chi connectivity index (χ4v) is 2.76. The highest BCUT2D eigenvalue weighted by Gasteiger charge is 2.46. The van der Waals surface area contributed by atoms with Gasteiger partial charge in [0.05, 0.1) is 5.92 Å². The van der Waals surface area contributed by atoms with E-state index in [4.69, 9.17) is 6.42 Å². The van der Waals surface area contributed by atoms with Crippen LogP contribution in [0.2, 0.25) is 0 Å².